The van der Waals surface area contributed by atoms with E-state index in [1.807, 2.05) is 12.1 Å². The Morgan fingerprint density at radius 1 is 0.861 bits per heavy atom. The summed E-state index contributed by atoms with van der Waals surface area (Å²) in [6.45, 7) is 1.35. The zero-order chi connectivity index (χ0) is 26.1. The molecule has 1 fully saturated rings. The third-order valence-corrected chi connectivity index (χ3v) is 6.40. The molecule has 2 heterocycles. The van der Waals surface area contributed by atoms with Crippen molar-refractivity contribution in [1.82, 2.24) is 25.0 Å². The number of hydrogen-bond donors (Lipinski definition) is 5. The van der Waals surface area contributed by atoms with E-state index in [2.05, 4.69) is 10.3 Å². The zero-order valence-electron chi connectivity index (χ0n) is 20.0. The quantitative estimate of drug-likeness (QED) is 0.414. The Hall–Kier alpha value is -3.80. The van der Waals surface area contributed by atoms with Gasteiger partial charge in [0, 0.05) is 56.9 Å². The summed E-state index contributed by atoms with van der Waals surface area (Å²) in [5.74, 6) is 0.0885. The van der Waals surface area contributed by atoms with Crippen LogP contribution in [0.3, 0.4) is 0 Å². The van der Waals surface area contributed by atoms with E-state index in [0.717, 1.165) is 15.8 Å². The number of pyridine rings is 1. The van der Waals surface area contributed by atoms with Gasteiger partial charge in [0.25, 0.3) is 0 Å². The first-order valence-corrected chi connectivity index (χ1v) is 12.0. The molecule has 12 nitrogen and oxygen atoms in total. The maximum absolute atomic E-state index is 11.8. The highest BCUT2D eigenvalue weighted by atomic mass is 16.4. The van der Waals surface area contributed by atoms with Crippen LogP contribution in [0.1, 0.15) is 24.8 Å². The van der Waals surface area contributed by atoms with Gasteiger partial charge < -0.3 is 40.4 Å². The first-order chi connectivity index (χ1) is 17.3. The molecule has 1 aromatic carbocycles. The van der Waals surface area contributed by atoms with E-state index in [1.54, 1.807) is 18.3 Å². The van der Waals surface area contributed by atoms with Crippen LogP contribution in [-0.2, 0) is 6.42 Å². The Kier molecular flexibility index (Phi) is 9.51. The van der Waals surface area contributed by atoms with Gasteiger partial charge >= 0.3 is 18.3 Å². The molecule has 3 amide bonds. The van der Waals surface area contributed by atoms with Crippen LogP contribution in [0.2, 0.25) is 0 Å². The minimum absolute atomic E-state index is 0.0206. The fourth-order valence-electron chi connectivity index (χ4n) is 4.43. The van der Waals surface area contributed by atoms with Crippen LogP contribution < -0.4 is 5.32 Å². The van der Waals surface area contributed by atoms with Crippen LogP contribution in [0, 0.1) is 0 Å². The van der Waals surface area contributed by atoms with E-state index in [0.29, 0.717) is 37.7 Å². The second-order valence-electron chi connectivity index (χ2n) is 8.80. The number of aromatic hydroxyl groups is 1. The third kappa shape index (κ3) is 7.35. The lowest BCUT2D eigenvalue weighted by atomic mass is 9.98. The number of phenolic OH excluding ortho intramolecular Hbond substituents is 1. The Morgan fingerprint density at radius 3 is 2.11 bits per heavy atom. The van der Waals surface area contributed by atoms with Crippen molar-refractivity contribution in [1.29, 1.82) is 0 Å². The molecule has 1 aliphatic rings. The van der Waals surface area contributed by atoms with Gasteiger partial charge in [-0.15, -0.1) is 0 Å². The number of fused-ring (bicyclic) bond motifs is 1. The number of aromatic nitrogens is 1. The van der Waals surface area contributed by atoms with Crippen molar-refractivity contribution in [3.8, 4) is 5.75 Å². The summed E-state index contributed by atoms with van der Waals surface area (Å²) < 4.78 is 0. The molecule has 196 valence electrons. The lowest BCUT2D eigenvalue weighted by Gasteiger charge is -2.25. The first-order valence-electron chi connectivity index (χ1n) is 12.0. The number of hydrogen-bond acceptors (Lipinski definition) is 6. The van der Waals surface area contributed by atoms with Crippen molar-refractivity contribution in [2.75, 3.05) is 45.8 Å². The van der Waals surface area contributed by atoms with E-state index in [9.17, 15) is 34.8 Å². The number of nitrogens with zero attached hydrogens (tertiary/aromatic N) is 4. The summed E-state index contributed by atoms with van der Waals surface area (Å²) in [4.78, 5) is 42.9. The predicted octanol–water partition coefficient (Wildman–Crippen LogP) is 2.57. The molecular weight excluding hydrogens is 470 g/mol. The molecule has 3 rings (SSSR count). The number of benzene rings is 1. The standard InChI is InChI=1S/C24H33N5O7/c30-20-6-5-17(19-4-1-8-26-21(19)20)16-18-7-13-27(22(31)32)11-3-12-29(24(35)36)15-14-28(23(33)34)10-2-9-25-18/h1,4-6,8,18,25,30H,2-3,7,9-16H2,(H,31,32)(H,33,34)(H,35,36). The monoisotopic (exact) mass is 503 g/mol. The molecule has 0 radical (unpaired) electrons. The molecule has 1 saturated heterocycles. The van der Waals surface area contributed by atoms with Gasteiger partial charge in [-0.25, -0.2) is 14.4 Å². The predicted molar refractivity (Wildman–Crippen MR) is 132 cm³/mol. The van der Waals surface area contributed by atoms with E-state index in [4.69, 9.17) is 0 Å². The molecule has 1 atom stereocenters. The van der Waals surface area contributed by atoms with Crippen molar-refractivity contribution in [3.63, 3.8) is 0 Å². The van der Waals surface area contributed by atoms with Gasteiger partial charge in [0.2, 0.25) is 0 Å². The highest BCUT2D eigenvalue weighted by molar-refractivity contribution is 5.87. The molecule has 36 heavy (non-hydrogen) atoms. The molecule has 12 heteroatoms. The van der Waals surface area contributed by atoms with Gasteiger partial charge in [-0.2, -0.15) is 0 Å². The van der Waals surface area contributed by atoms with E-state index in [1.165, 1.54) is 9.80 Å². The summed E-state index contributed by atoms with van der Waals surface area (Å²) in [6, 6.07) is 6.99. The van der Waals surface area contributed by atoms with Gasteiger partial charge in [0.15, 0.2) is 0 Å². The van der Waals surface area contributed by atoms with Crippen molar-refractivity contribution < 1.29 is 34.8 Å². The topological polar surface area (TPSA) is 167 Å². The Balaban J connectivity index is 1.78. The SMILES string of the molecule is O=C(O)N1CCCN(C(=O)O)CCN(C(=O)O)CCCNC(Cc2ccc(O)c3ncccc23)CC1. The molecule has 0 aliphatic carbocycles. The van der Waals surface area contributed by atoms with Crippen LogP contribution >= 0.6 is 0 Å². The van der Waals surface area contributed by atoms with Gasteiger partial charge in [0.05, 0.1) is 0 Å². The summed E-state index contributed by atoms with van der Waals surface area (Å²) in [7, 11) is 0. The van der Waals surface area contributed by atoms with E-state index < -0.39 is 18.3 Å². The van der Waals surface area contributed by atoms with Gasteiger partial charge in [-0.3, -0.25) is 4.98 Å². The third-order valence-electron chi connectivity index (χ3n) is 6.40. The van der Waals surface area contributed by atoms with Crippen molar-refractivity contribution in [2.45, 2.75) is 31.7 Å². The molecule has 0 bridgehead atoms. The summed E-state index contributed by atoms with van der Waals surface area (Å²) >= 11 is 0. The molecular formula is C24H33N5O7. The fourth-order valence-corrected chi connectivity index (χ4v) is 4.43. The minimum Gasteiger partial charge on any atom is -0.506 e. The van der Waals surface area contributed by atoms with Gasteiger partial charge in [-0.1, -0.05) is 12.1 Å². The maximum atomic E-state index is 11.8. The average molecular weight is 504 g/mol. The van der Waals surface area contributed by atoms with Gasteiger partial charge in [-0.05, 0) is 49.9 Å². The summed E-state index contributed by atoms with van der Waals surface area (Å²) in [5, 5.41) is 43.1. The molecule has 2 aromatic rings. The molecule has 1 unspecified atom stereocenters. The highest BCUT2D eigenvalue weighted by Crippen LogP contribution is 2.26. The van der Waals surface area contributed by atoms with Crippen LogP contribution in [0.15, 0.2) is 30.5 Å². The molecule has 1 aromatic heterocycles. The largest absolute Gasteiger partial charge is 0.506 e. The van der Waals surface area contributed by atoms with Gasteiger partial charge in [0.1, 0.15) is 11.3 Å². The molecule has 1 aliphatic heterocycles. The number of nitrogens with one attached hydrogen (secondary N) is 1. The van der Waals surface area contributed by atoms with Crippen molar-refractivity contribution in [3.05, 3.63) is 36.0 Å². The second kappa shape index (κ2) is 12.8. The van der Waals surface area contributed by atoms with E-state index >= 15 is 0 Å². The Bertz CT molecular complexity index is 1070. The number of amides is 3. The van der Waals surface area contributed by atoms with Crippen LogP contribution in [0.5, 0.6) is 5.75 Å². The van der Waals surface area contributed by atoms with E-state index in [-0.39, 0.29) is 51.1 Å². The van der Waals surface area contributed by atoms with Crippen LogP contribution in [0.4, 0.5) is 14.4 Å². The average Bonchev–Trinajstić information content (AvgIpc) is 2.85. The number of carboxylic acid groups (broad SMARTS) is 3. The highest BCUT2D eigenvalue weighted by Gasteiger charge is 2.21. The zero-order valence-corrected chi connectivity index (χ0v) is 20.0. The minimum atomic E-state index is -1.16. The van der Waals surface area contributed by atoms with Crippen LogP contribution in [0.25, 0.3) is 10.9 Å². The Labute approximate surface area is 208 Å². The molecule has 5 N–H and O–H groups in total. The smallest absolute Gasteiger partial charge is 0.407 e. The first kappa shape index (κ1) is 26.8. The summed E-state index contributed by atoms with van der Waals surface area (Å²) in [5.41, 5.74) is 1.46. The number of rotatable bonds is 2. The lowest BCUT2D eigenvalue weighted by molar-refractivity contribution is 0.119. The Morgan fingerprint density at radius 2 is 1.47 bits per heavy atom. The normalized spacial score (nSPS) is 18.9. The maximum Gasteiger partial charge on any atom is 0.407 e. The molecule has 0 saturated carbocycles. The fraction of sp³-hybridized carbons (Fsp3) is 0.500. The lowest BCUT2D eigenvalue weighted by Crippen LogP contribution is -2.42. The van der Waals surface area contributed by atoms with Crippen LogP contribution in [-0.4, -0.2) is 110 Å². The van der Waals surface area contributed by atoms with Crippen molar-refractivity contribution >= 4 is 29.2 Å². The van der Waals surface area contributed by atoms with Crippen molar-refractivity contribution in [2.24, 2.45) is 0 Å². The summed E-state index contributed by atoms with van der Waals surface area (Å²) in [6.07, 6.45) is 0.139. The second-order valence-corrected chi connectivity index (χ2v) is 8.80. The number of carbonyl (C=O) groups is 3. The molecule has 0 spiro atoms. The number of phenols is 1.